The van der Waals surface area contributed by atoms with Gasteiger partial charge in [0, 0.05) is 17.8 Å². The number of fused-ring (bicyclic) bond motifs is 1. The SMILES string of the molecule is COC(=O)c1ccc2c(c1)NC(=O)C2=C(Nc1ccc(CN2CCCC2)cc1)c1ccccc1. The molecule has 2 aliphatic rings. The molecular formula is C28H27N3O3. The number of ether oxygens (including phenoxy) is 1. The van der Waals surface area contributed by atoms with Crippen LogP contribution < -0.4 is 10.6 Å². The van der Waals surface area contributed by atoms with Crippen molar-refractivity contribution in [1.29, 1.82) is 0 Å². The number of hydrogen-bond acceptors (Lipinski definition) is 5. The summed E-state index contributed by atoms with van der Waals surface area (Å²) in [5.74, 6) is -0.654. The third-order valence-corrected chi connectivity index (χ3v) is 6.33. The van der Waals surface area contributed by atoms with Gasteiger partial charge < -0.3 is 15.4 Å². The van der Waals surface area contributed by atoms with Crippen molar-refractivity contribution in [3.05, 3.63) is 95.1 Å². The zero-order valence-electron chi connectivity index (χ0n) is 19.1. The van der Waals surface area contributed by atoms with E-state index in [-0.39, 0.29) is 5.91 Å². The second-order valence-electron chi connectivity index (χ2n) is 8.63. The fraction of sp³-hybridized carbons (Fsp3) is 0.214. The lowest BCUT2D eigenvalue weighted by molar-refractivity contribution is -0.110. The minimum Gasteiger partial charge on any atom is -0.465 e. The van der Waals surface area contributed by atoms with Crippen molar-refractivity contribution < 1.29 is 14.3 Å². The summed E-state index contributed by atoms with van der Waals surface area (Å²) in [5, 5.41) is 6.39. The standard InChI is InChI=1S/C28H27N3O3/c1-34-28(33)21-11-14-23-24(17-21)30-27(32)25(23)26(20-7-3-2-4-8-20)29-22-12-9-19(10-13-22)18-31-15-5-6-16-31/h2-4,7-14,17,29H,5-6,15-16,18H2,1H3,(H,30,32). The quantitative estimate of drug-likeness (QED) is 0.406. The fourth-order valence-electron chi connectivity index (χ4n) is 4.59. The van der Waals surface area contributed by atoms with Crippen molar-refractivity contribution in [3.63, 3.8) is 0 Å². The summed E-state index contributed by atoms with van der Waals surface area (Å²) in [7, 11) is 1.34. The number of methoxy groups -OCH3 is 1. The largest absolute Gasteiger partial charge is 0.465 e. The first kappa shape index (κ1) is 21.9. The normalized spacial score (nSPS) is 16.7. The smallest absolute Gasteiger partial charge is 0.337 e. The highest BCUT2D eigenvalue weighted by molar-refractivity contribution is 6.37. The maximum atomic E-state index is 13.1. The number of benzene rings is 3. The number of esters is 1. The first-order valence-corrected chi connectivity index (χ1v) is 11.5. The number of hydrogen-bond donors (Lipinski definition) is 2. The maximum absolute atomic E-state index is 13.1. The van der Waals surface area contributed by atoms with E-state index in [0.717, 1.165) is 42.1 Å². The van der Waals surface area contributed by atoms with Crippen molar-refractivity contribution in [2.45, 2.75) is 19.4 Å². The van der Waals surface area contributed by atoms with Gasteiger partial charge in [-0.1, -0.05) is 48.5 Å². The zero-order valence-corrected chi connectivity index (χ0v) is 19.1. The van der Waals surface area contributed by atoms with Crippen LogP contribution in [0.15, 0.2) is 72.8 Å². The Morgan fingerprint density at radius 1 is 0.971 bits per heavy atom. The summed E-state index contributed by atoms with van der Waals surface area (Å²) in [4.78, 5) is 27.5. The second kappa shape index (κ2) is 9.53. The fourth-order valence-corrected chi connectivity index (χ4v) is 4.59. The Morgan fingerprint density at radius 3 is 2.41 bits per heavy atom. The molecule has 2 heterocycles. The van der Waals surface area contributed by atoms with E-state index >= 15 is 0 Å². The molecule has 3 aromatic carbocycles. The maximum Gasteiger partial charge on any atom is 0.337 e. The molecule has 0 unspecified atom stereocenters. The Kier molecular flexibility index (Phi) is 6.14. The van der Waals surface area contributed by atoms with Gasteiger partial charge in [-0.15, -0.1) is 0 Å². The highest BCUT2D eigenvalue weighted by atomic mass is 16.5. The van der Waals surface area contributed by atoms with Crippen molar-refractivity contribution in [1.82, 2.24) is 4.90 Å². The molecule has 2 aliphatic heterocycles. The number of likely N-dealkylation sites (tertiary alicyclic amines) is 1. The number of nitrogens with one attached hydrogen (secondary N) is 2. The molecule has 0 saturated carbocycles. The first-order valence-electron chi connectivity index (χ1n) is 11.5. The lowest BCUT2D eigenvalue weighted by atomic mass is 9.99. The topological polar surface area (TPSA) is 70.7 Å². The average Bonchev–Trinajstić information content (AvgIpc) is 3.50. The highest BCUT2D eigenvalue weighted by Crippen LogP contribution is 2.38. The first-order chi connectivity index (χ1) is 16.6. The number of carbonyl (C=O) groups excluding carboxylic acids is 2. The Bertz CT molecular complexity index is 1240. The molecular weight excluding hydrogens is 426 g/mol. The van der Waals surface area contributed by atoms with Crippen molar-refractivity contribution in [2.24, 2.45) is 0 Å². The third kappa shape index (κ3) is 4.45. The van der Waals surface area contributed by atoms with E-state index in [4.69, 9.17) is 4.74 Å². The molecule has 5 rings (SSSR count). The molecule has 1 saturated heterocycles. The minimum absolute atomic E-state index is 0.214. The van der Waals surface area contributed by atoms with E-state index in [0.29, 0.717) is 16.8 Å². The molecule has 6 heteroatoms. The zero-order chi connectivity index (χ0) is 23.5. The van der Waals surface area contributed by atoms with Crippen LogP contribution in [0, 0.1) is 0 Å². The molecule has 6 nitrogen and oxygen atoms in total. The Balaban J connectivity index is 1.50. The van der Waals surface area contributed by atoms with Crippen molar-refractivity contribution >= 4 is 34.5 Å². The van der Waals surface area contributed by atoms with Crippen LogP contribution in [0.3, 0.4) is 0 Å². The van der Waals surface area contributed by atoms with E-state index in [2.05, 4.69) is 39.8 Å². The molecule has 0 bridgehead atoms. The predicted octanol–water partition coefficient (Wildman–Crippen LogP) is 5.00. The molecule has 1 fully saturated rings. The molecule has 172 valence electrons. The summed E-state index contributed by atoms with van der Waals surface area (Å²) in [5.41, 5.74) is 6.08. The third-order valence-electron chi connectivity index (χ3n) is 6.33. The van der Waals surface area contributed by atoms with Gasteiger partial charge in [-0.05, 0) is 61.3 Å². The molecule has 0 radical (unpaired) electrons. The molecule has 34 heavy (non-hydrogen) atoms. The van der Waals surface area contributed by atoms with Crippen LogP contribution in [0.5, 0.6) is 0 Å². The van der Waals surface area contributed by atoms with Crippen LogP contribution in [-0.4, -0.2) is 37.0 Å². The van der Waals surface area contributed by atoms with Crippen LogP contribution in [0.1, 0.15) is 39.9 Å². The Morgan fingerprint density at radius 2 is 1.71 bits per heavy atom. The van der Waals surface area contributed by atoms with Crippen molar-refractivity contribution in [2.75, 3.05) is 30.8 Å². The second-order valence-corrected chi connectivity index (χ2v) is 8.63. The van der Waals surface area contributed by atoms with Crippen LogP contribution in [0.4, 0.5) is 11.4 Å². The monoisotopic (exact) mass is 453 g/mol. The van der Waals surface area contributed by atoms with Gasteiger partial charge in [-0.3, -0.25) is 9.69 Å². The summed E-state index contributed by atoms with van der Waals surface area (Å²) in [6.07, 6.45) is 2.55. The number of rotatable bonds is 6. The van der Waals surface area contributed by atoms with Crippen molar-refractivity contribution in [3.8, 4) is 0 Å². The van der Waals surface area contributed by atoms with Crippen LogP contribution in [-0.2, 0) is 16.1 Å². The summed E-state index contributed by atoms with van der Waals surface area (Å²) in [6, 6.07) is 23.3. The van der Waals surface area contributed by atoms with E-state index in [1.165, 1.54) is 25.5 Å². The number of nitrogens with zero attached hydrogens (tertiary/aromatic N) is 1. The molecule has 0 spiro atoms. The molecule has 1 amide bonds. The molecule has 0 atom stereocenters. The highest BCUT2D eigenvalue weighted by Gasteiger charge is 2.29. The van der Waals surface area contributed by atoms with Gasteiger partial charge in [0.15, 0.2) is 0 Å². The van der Waals surface area contributed by atoms with Crippen LogP contribution in [0.25, 0.3) is 11.3 Å². The molecule has 3 aromatic rings. The number of anilines is 2. The molecule has 0 aromatic heterocycles. The number of amides is 1. The molecule has 0 aliphatic carbocycles. The lowest BCUT2D eigenvalue weighted by Gasteiger charge is -2.17. The molecule has 2 N–H and O–H groups in total. The van der Waals surface area contributed by atoms with Gasteiger partial charge in [-0.2, -0.15) is 0 Å². The van der Waals surface area contributed by atoms with E-state index in [1.807, 2.05) is 30.3 Å². The summed E-state index contributed by atoms with van der Waals surface area (Å²) >= 11 is 0. The summed E-state index contributed by atoms with van der Waals surface area (Å²) < 4.78 is 4.82. The van der Waals surface area contributed by atoms with Gasteiger partial charge in [0.1, 0.15) is 0 Å². The van der Waals surface area contributed by atoms with Crippen LogP contribution >= 0.6 is 0 Å². The Labute approximate surface area is 199 Å². The van der Waals surface area contributed by atoms with Gasteiger partial charge in [0.25, 0.3) is 5.91 Å². The van der Waals surface area contributed by atoms with Gasteiger partial charge >= 0.3 is 5.97 Å². The predicted molar refractivity (Wildman–Crippen MR) is 134 cm³/mol. The number of carbonyl (C=O) groups is 2. The van der Waals surface area contributed by atoms with Crippen LogP contribution in [0.2, 0.25) is 0 Å². The van der Waals surface area contributed by atoms with E-state index < -0.39 is 5.97 Å². The average molecular weight is 454 g/mol. The minimum atomic E-state index is -0.440. The van der Waals surface area contributed by atoms with Gasteiger partial charge in [0.2, 0.25) is 0 Å². The van der Waals surface area contributed by atoms with E-state index in [1.54, 1.807) is 18.2 Å². The Hall–Kier alpha value is -3.90. The van der Waals surface area contributed by atoms with Gasteiger partial charge in [-0.25, -0.2) is 4.79 Å². The van der Waals surface area contributed by atoms with Gasteiger partial charge in [0.05, 0.1) is 29.6 Å². The summed E-state index contributed by atoms with van der Waals surface area (Å²) in [6.45, 7) is 3.29. The van der Waals surface area contributed by atoms with E-state index in [9.17, 15) is 9.59 Å². The lowest BCUT2D eigenvalue weighted by Crippen LogP contribution is -2.18.